The van der Waals surface area contributed by atoms with E-state index in [0.717, 1.165) is 95.8 Å². The molecule has 0 radical (unpaired) electrons. The third-order valence-electron chi connectivity index (χ3n) is 13.7. The highest BCUT2D eigenvalue weighted by Crippen LogP contribution is 2.52. The van der Waals surface area contributed by atoms with Crippen molar-refractivity contribution >= 4 is 27.5 Å². The van der Waals surface area contributed by atoms with Crippen LogP contribution in [0.25, 0.3) is 0 Å². The van der Waals surface area contributed by atoms with Crippen molar-refractivity contribution in [3.8, 4) is 0 Å². The Labute approximate surface area is 331 Å². The molecule has 13 heteroatoms. The Bertz CT molecular complexity index is 1860. The van der Waals surface area contributed by atoms with Crippen LogP contribution in [0.3, 0.4) is 0 Å². The Hall–Kier alpha value is -3.55. The number of hydrogen-bond donors (Lipinski definition) is 1. The molecule has 1 unspecified atom stereocenters. The molecule has 2 amide bonds. The summed E-state index contributed by atoms with van der Waals surface area (Å²) >= 11 is 0. The lowest BCUT2D eigenvalue weighted by Crippen LogP contribution is -2.62. The highest BCUT2D eigenvalue weighted by atomic mass is 32.2. The maximum Gasteiger partial charge on any atom is 0.407 e. The normalized spacial score (nSPS) is 26.0. The van der Waals surface area contributed by atoms with Crippen molar-refractivity contribution in [1.82, 2.24) is 20.0 Å². The van der Waals surface area contributed by atoms with Crippen molar-refractivity contribution in [2.75, 3.05) is 77.5 Å². The molecular weight excluding hydrogens is 737 g/mol. The first-order chi connectivity index (χ1) is 26.8. The summed E-state index contributed by atoms with van der Waals surface area (Å²) in [7, 11) is -2.45. The standard InChI is InChI=1S/C43H59F2N5O5S/c1-4-40(51)49-21-6-5-12-35(26-49)56(53,54)34-15-16-39(37(45)25-34)50-28-42(2,29-50)27-48-22-17-31(18-23-48)43(30-47-19-9-20-47,32-10-7-11-33(44)24-32)36-13-8-14-38(36)46-41(52)55-3/h4,7,10-11,15-16,24-25,31,35-36,38H,1,5-6,8-9,12-14,17-23,26-30H2,2-3H3,(H,46,52)/t35-,36+,38+,43?/m1/s1. The van der Waals surface area contributed by atoms with Crippen LogP contribution in [-0.4, -0.2) is 119 Å². The number of nitrogens with zero attached hydrogens (tertiary/aromatic N) is 4. The first-order valence-corrected chi connectivity index (χ1v) is 22.1. The third kappa shape index (κ3) is 8.23. The summed E-state index contributed by atoms with van der Waals surface area (Å²) in [6, 6.07) is 11.4. The van der Waals surface area contributed by atoms with E-state index in [4.69, 9.17) is 4.74 Å². The van der Waals surface area contributed by atoms with E-state index in [2.05, 4.69) is 34.7 Å². The number of methoxy groups -OCH3 is 1. The van der Waals surface area contributed by atoms with Crippen molar-refractivity contribution in [3.05, 3.63) is 72.3 Å². The quantitative estimate of drug-likeness (QED) is 0.261. The van der Waals surface area contributed by atoms with Crippen LogP contribution in [0, 0.1) is 28.9 Å². The van der Waals surface area contributed by atoms with Crippen LogP contribution in [0.2, 0.25) is 0 Å². The fourth-order valence-electron chi connectivity index (χ4n) is 10.8. The second-order valence-corrected chi connectivity index (χ2v) is 19.7. The summed E-state index contributed by atoms with van der Waals surface area (Å²) in [5, 5.41) is 2.38. The second-order valence-electron chi connectivity index (χ2n) is 17.4. The van der Waals surface area contributed by atoms with Gasteiger partial charge in [0.05, 0.1) is 22.9 Å². The Morgan fingerprint density at radius 3 is 2.38 bits per heavy atom. The van der Waals surface area contributed by atoms with E-state index in [1.807, 2.05) is 11.0 Å². The molecule has 5 fully saturated rings. The summed E-state index contributed by atoms with van der Waals surface area (Å²) in [5.41, 5.74) is 1.04. The molecule has 0 aromatic heterocycles. The van der Waals surface area contributed by atoms with Gasteiger partial charge in [-0.25, -0.2) is 22.0 Å². The molecule has 1 aliphatic carbocycles. The maximum absolute atomic E-state index is 15.7. The topological polar surface area (TPSA) is 103 Å². The number of nitrogens with one attached hydrogen (secondary N) is 1. The van der Waals surface area contributed by atoms with Gasteiger partial charge in [0, 0.05) is 56.1 Å². The Morgan fingerprint density at radius 2 is 1.71 bits per heavy atom. The number of benzene rings is 2. The molecule has 306 valence electrons. The van der Waals surface area contributed by atoms with Crippen LogP contribution in [-0.2, 0) is 24.8 Å². The summed E-state index contributed by atoms with van der Waals surface area (Å²) in [6.07, 6.45) is 8.53. The number of sulfone groups is 1. The molecule has 4 atom stereocenters. The lowest BCUT2D eigenvalue weighted by molar-refractivity contribution is -0.125. The van der Waals surface area contributed by atoms with E-state index in [-0.39, 0.29) is 46.0 Å². The van der Waals surface area contributed by atoms with E-state index in [9.17, 15) is 18.0 Å². The van der Waals surface area contributed by atoms with E-state index in [1.165, 1.54) is 30.2 Å². The number of carbonyl (C=O) groups is 2. The van der Waals surface area contributed by atoms with Crippen LogP contribution in [0.1, 0.15) is 70.3 Å². The van der Waals surface area contributed by atoms with Gasteiger partial charge in [0.15, 0.2) is 9.84 Å². The summed E-state index contributed by atoms with van der Waals surface area (Å²) in [6.45, 7) is 13.2. The number of hydrogen-bond acceptors (Lipinski definition) is 8. The molecule has 10 nitrogen and oxygen atoms in total. The number of amides is 2. The molecule has 5 aliphatic rings. The molecule has 4 saturated heterocycles. The van der Waals surface area contributed by atoms with Gasteiger partial charge < -0.3 is 29.7 Å². The SMILES string of the molecule is C=CC(=O)N1CCCC[C@@H](S(=O)(=O)c2ccc(N3CC(C)(CN4CCC(C(CN5CCC5)(c5cccc(F)c5)[C@H]5CCC[C@@H]5NC(=O)OC)CC4)C3)c(F)c2)C1. The van der Waals surface area contributed by atoms with Crippen molar-refractivity contribution in [3.63, 3.8) is 0 Å². The van der Waals surface area contributed by atoms with Gasteiger partial charge in [-0.05, 0) is 125 Å². The maximum atomic E-state index is 15.7. The molecule has 0 spiro atoms. The zero-order valence-electron chi connectivity index (χ0n) is 33.1. The van der Waals surface area contributed by atoms with Crippen molar-refractivity contribution in [2.24, 2.45) is 17.3 Å². The van der Waals surface area contributed by atoms with E-state index in [1.54, 1.807) is 12.1 Å². The first-order valence-electron chi connectivity index (χ1n) is 20.6. The predicted molar refractivity (Wildman–Crippen MR) is 213 cm³/mol. The minimum atomic E-state index is -3.85. The average Bonchev–Trinajstić information content (AvgIpc) is 3.46. The summed E-state index contributed by atoms with van der Waals surface area (Å²) in [5.74, 6) is -0.622. The Kier molecular flexibility index (Phi) is 12.1. The summed E-state index contributed by atoms with van der Waals surface area (Å²) < 4.78 is 63.1. The zero-order valence-corrected chi connectivity index (χ0v) is 33.9. The first kappa shape index (κ1) is 40.6. The fraction of sp³-hybridized carbons (Fsp3) is 0.628. The predicted octanol–water partition coefficient (Wildman–Crippen LogP) is 6.01. The van der Waals surface area contributed by atoms with Crippen molar-refractivity contribution in [1.29, 1.82) is 0 Å². The third-order valence-corrected chi connectivity index (χ3v) is 15.8. The highest BCUT2D eigenvalue weighted by Gasteiger charge is 2.53. The number of carbonyl (C=O) groups excluding carboxylic acids is 2. The van der Waals surface area contributed by atoms with Crippen LogP contribution in [0.5, 0.6) is 0 Å². The van der Waals surface area contributed by atoms with E-state index in [0.29, 0.717) is 44.1 Å². The number of ether oxygens (including phenoxy) is 1. The smallest absolute Gasteiger partial charge is 0.407 e. The molecule has 1 N–H and O–H groups in total. The van der Waals surface area contributed by atoms with Crippen LogP contribution >= 0.6 is 0 Å². The zero-order chi connectivity index (χ0) is 39.7. The van der Waals surface area contributed by atoms with Gasteiger partial charge >= 0.3 is 6.09 Å². The number of halogens is 2. The lowest BCUT2D eigenvalue weighted by Gasteiger charge is -2.55. The molecule has 2 aromatic rings. The van der Waals surface area contributed by atoms with Gasteiger partial charge in [-0.1, -0.05) is 38.5 Å². The average molecular weight is 796 g/mol. The number of anilines is 1. The number of piperidine rings is 1. The minimum Gasteiger partial charge on any atom is -0.453 e. The molecule has 4 aliphatic heterocycles. The van der Waals surface area contributed by atoms with Gasteiger partial charge in [0.2, 0.25) is 5.91 Å². The van der Waals surface area contributed by atoms with Gasteiger partial charge in [0.1, 0.15) is 11.6 Å². The van der Waals surface area contributed by atoms with E-state index < -0.39 is 27.0 Å². The molecule has 56 heavy (non-hydrogen) atoms. The molecule has 2 aromatic carbocycles. The van der Waals surface area contributed by atoms with Gasteiger partial charge in [-0.15, -0.1) is 0 Å². The molecular formula is C43H59F2N5O5S. The molecule has 1 saturated carbocycles. The number of alkyl carbamates (subject to hydrolysis) is 1. The van der Waals surface area contributed by atoms with E-state index >= 15 is 8.78 Å². The fourth-order valence-corrected chi connectivity index (χ4v) is 12.6. The van der Waals surface area contributed by atoms with Gasteiger partial charge in [-0.2, -0.15) is 0 Å². The summed E-state index contributed by atoms with van der Waals surface area (Å²) in [4.78, 5) is 33.3. The minimum absolute atomic E-state index is 0.0452. The monoisotopic (exact) mass is 795 g/mol. The molecule has 7 rings (SSSR count). The van der Waals surface area contributed by atoms with Crippen LogP contribution < -0.4 is 10.2 Å². The van der Waals surface area contributed by atoms with Gasteiger partial charge in [0.25, 0.3) is 0 Å². The largest absolute Gasteiger partial charge is 0.453 e. The highest BCUT2D eigenvalue weighted by molar-refractivity contribution is 7.92. The number of likely N-dealkylation sites (tertiary alicyclic amines) is 3. The second kappa shape index (κ2) is 16.7. The molecule has 0 bridgehead atoms. The molecule has 4 heterocycles. The lowest BCUT2D eigenvalue weighted by atomic mass is 9.57. The van der Waals surface area contributed by atoms with Crippen LogP contribution in [0.15, 0.2) is 60.0 Å². The Morgan fingerprint density at radius 1 is 0.946 bits per heavy atom. The number of rotatable bonds is 12. The van der Waals surface area contributed by atoms with Crippen molar-refractivity contribution < 1.29 is 31.5 Å². The van der Waals surface area contributed by atoms with Crippen LogP contribution in [0.4, 0.5) is 19.3 Å². The van der Waals surface area contributed by atoms with Gasteiger partial charge in [-0.3, -0.25) is 4.79 Å². The Balaban J connectivity index is 1.02. The van der Waals surface area contributed by atoms with Crippen molar-refractivity contribution in [2.45, 2.75) is 86.3 Å².